The largest absolute Gasteiger partial charge is 0.481 e. The molecule has 4 aliphatic rings. The van der Waals surface area contributed by atoms with Gasteiger partial charge in [0.1, 0.15) is 5.78 Å². The summed E-state index contributed by atoms with van der Waals surface area (Å²) in [6.45, 7) is 13.5. The van der Waals surface area contributed by atoms with Gasteiger partial charge < -0.3 is 20.4 Å². The number of ketones is 1. The van der Waals surface area contributed by atoms with Crippen LogP contribution < -0.4 is 16.5 Å². The molecule has 4 rings (SSSR count). The number of hydrazine groups is 1. The lowest BCUT2D eigenvalue weighted by molar-refractivity contribution is -0.525. The third-order valence-corrected chi connectivity index (χ3v) is 11.2. The second-order valence-electron chi connectivity index (χ2n) is 15.7. The fourth-order valence-electron chi connectivity index (χ4n) is 8.30. The molecule has 3 aliphatic carbocycles. The Kier molecular flexibility index (Phi) is 15.5. The Hall–Kier alpha value is -2.21. The van der Waals surface area contributed by atoms with Crippen LogP contribution in [-0.4, -0.2) is 54.0 Å². The predicted molar refractivity (Wildman–Crippen MR) is 187 cm³/mol. The molecule has 1 aliphatic heterocycles. The standard InChI is InChI=1S/C35H64BN5O6/c1-7-8-9-10-11-12-13-14-15-16-19-28(42)22-26(18-17-20-38-33(37)40-41(44)45)32(43)39-31(21-25(2)3)36-46-30-24-27-23-29(34(27,4)5)35(30,6)47-36/h25-27,29-31H,7-24H2,1-6H3,(H,39,43)(H3,37,38,40)/t26-,27+,29+,30-,31+,35+/m1/s1. The SMILES string of the molecule is CCCCCCCCCCCCC(=O)C[C@@H](CCCN=C(N)N[N+](=O)[O-])C(=O)N[C@@H](CC(C)C)B1O[C@@H]2C[C@@H]3C[C@@H](C3(C)C)[C@]2(C)O1. The van der Waals surface area contributed by atoms with E-state index in [1.54, 1.807) is 0 Å². The molecular weight excluding hydrogens is 597 g/mol. The Morgan fingerprint density at radius 1 is 1.02 bits per heavy atom. The third kappa shape index (κ3) is 11.4. The van der Waals surface area contributed by atoms with Crippen LogP contribution in [0.25, 0.3) is 0 Å². The number of carbonyl (C=O) groups is 2. The van der Waals surface area contributed by atoms with Gasteiger partial charge in [-0.25, -0.2) is 15.1 Å². The van der Waals surface area contributed by atoms with Gasteiger partial charge in [-0.15, -0.1) is 0 Å². The lowest BCUT2D eigenvalue weighted by Gasteiger charge is -2.64. The normalized spacial score (nSPS) is 26.0. The van der Waals surface area contributed by atoms with Crippen LogP contribution in [0.2, 0.25) is 0 Å². The first-order valence-corrected chi connectivity index (χ1v) is 18.6. The first kappa shape index (κ1) is 39.2. The van der Waals surface area contributed by atoms with E-state index >= 15 is 0 Å². The molecule has 0 aromatic carbocycles. The minimum atomic E-state index is -0.760. The lowest BCUT2D eigenvalue weighted by atomic mass is 9.43. The van der Waals surface area contributed by atoms with Gasteiger partial charge in [0, 0.05) is 25.3 Å². The Balaban J connectivity index is 1.57. The van der Waals surface area contributed by atoms with Crippen molar-refractivity contribution >= 4 is 24.8 Å². The predicted octanol–water partition coefficient (Wildman–Crippen LogP) is 6.55. The van der Waals surface area contributed by atoms with Gasteiger partial charge in [0.05, 0.1) is 17.6 Å². The number of nitro groups is 1. The van der Waals surface area contributed by atoms with Crippen LogP contribution in [0.5, 0.6) is 0 Å². The molecule has 1 amide bonds. The van der Waals surface area contributed by atoms with Gasteiger partial charge in [-0.05, 0) is 68.6 Å². The molecule has 0 radical (unpaired) electrons. The zero-order valence-electron chi connectivity index (χ0n) is 30.2. The summed E-state index contributed by atoms with van der Waals surface area (Å²) in [4.78, 5) is 41.6. The van der Waals surface area contributed by atoms with E-state index in [1.807, 2.05) is 5.43 Å². The van der Waals surface area contributed by atoms with Crippen LogP contribution in [0, 0.1) is 39.2 Å². The van der Waals surface area contributed by atoms with E-state index in [9.17, 15) is 19.7 Å². The number of unbranched alkanes of at least 4 members (excludes halogenated alkanes) is 9. The number of hydrogen-bond acceptors (Lipinski definition) is 7. The summed E-state index contributed by atoms with van der Waals surface area (Å²) in [6, 6.07) is 0. The number of carbonyl (C=O) groups excluding carboxylic acids is 2. The first-order chi connectivity index (χ1) is 22.3. The zero-order valence-corrected chi connectivity index (χ0v) is 30.2. The molecule has 11 nitrogen and oxygen atoms in total. The van der Waals surface area contributed by atoms with E-state index in [0.29, 0.717) is 43.4 Å². The summed E-state index contributed by atoms with van der Waals surface area (Å²) < 4.78 is 13.3. The van der Waals surface area contributed by atoms with E-state index < -0.39 is 18.1 Å². The van der Waals surface area contributed by atoms with Gasteiger partial charge in [0.15, 0.2) is 5.03 Å². The molecule has 1 saturated heterocycles. The third-order valence-electron chi connectivity index (χ3n) is 11.2. The second-order valence-corrected chi connectivity index (χ2v) is 15.7. The molecular formula is C35H64BN5O6. The smallest absolute Gasteiger partial charge is 0.404 e. The maximum absolute atomic E-state index is 13.9. The van der Waals surface area contributed by atoms with Gasteiger partial charge in [-0.2, -0.15) is 0 Å². The van der Waals surface area contributed by atoms with E-state index in [-0.39, 0.29) is 53.7 Å². The highest BCUT2D eigenvalue weighted by atomic mass is 16.7. The highest BCUT2D eigenvalue weighted by Crippen LogP contribution is 2.65. The average Bonchev–Trinajstić information content (AvgIpc) is 3.36. The highest BCUT2D eigenvalue weighted by Gasteiger charge is 2.68. The second kappa shape index (κ2) is 18.5. The van der Waals surface area contributed by atoms with Crippen LogP contribution in [-0.2, 0) is 18.9 Å². The summed E-state index contributed by atoms with van der Waals surface area (Å²) in [5.41, 5.74) is 7.25. The first-order valence-electron chi connectivity index (χ1n) is 18.6. The molecule has 2 bridgehead atoms. The van der Waals surface area contributed by atoms with Crippen molar-refractivity contribution in [3.63, 3.8) is 0 Å². The Morgan fingerprint density at radius 2 is 1.66 bits per heavy atom. The van der Waals surface area contributed by atoms with Crippen LogP contribution in [0.15, 0.2) is 4.99 Å². The van der Waals surface area contributed by atoms with Crippen molar-refractivity contribution in [3.8, 4) is 0 Å². The van der Waals surface area contributed by atoms with Crippen molar-refractivity contribution in [1.82, 2.24) is 10.7 Å². The Bertz CT molecular complexity index is 1060. The van der Waals surface area contributed by atoms with Gasteiger partial charge in [-0.1, -0.05) is 97.8 Å². The quantitative estimate of drug-likeness (QED) is 0.0278. The Labute approximate surface area is 284 Å². The van der Waals surface area contributed by atoms with Crippen LogP contribution in [0.1, 0.15) is 151 Å². The van der Waals surface area contributed by atoms with Crippen molar-refractivity contribution in [1.29, 1.82) is 0 Å². The number of aliphatic imine (C=N–C) groups is 1. The van der Waals surface area contributed by atoms with Gasteiger partial charge in [0.25, 0.3) is 5.96 Å². The van der Waals surface area contributed by atoms with E-state index in [0.717, 1.165) is 32.1 Å². The molecule has 3 saturated carbocycles. The fourth-order valence-corrected chi connectivity index (χ4v) is 8.30. The number of nitrogens with one attached hydrogen (secondary N) is 2. The highest BCUT2D eigenvalue weighted by molar-refractivity contribution is 6.47. The van der Waals surface area contributed by atoms with E-state index in [4.69, 9.17) is 15.0 Å². The molecule has 0 aromatic rings. The number of amides is 1. The van der Waals surface area contributed by atoms with Crippen LogP contribution >= 0.6 is 0 Å². The lowest BCUT2D eigenvalue weighted by Crippen LogP contribution is -2.65. The van der Waals surface area contributed by atoms with E-state index in [2.05, 4.69) is 51.9 Å². The maximum Gasteiger partial charge on any atom is 0.481 e. The average molecular weight is 662 g/mol. The van der Waals surface area contributed by atoms with Crippen LogP contribution in [0.4, 0.5) is 0 Å². The number of Topliss-reactive ketones (excluding diaryl/α,β-unsaturated/α-hetero) is 1. The monoisotopic (exact) mass is 661 g/mol. The number of guanidine groups is 1. The molecule has 12 heteroatoms. The maximum atomic E-state index is 13.9. The Morgan fingerprint density at radius 3 is 2.26 bits per heavy atom. The molecule has 0 unspecified atom stereocenters. The summed E-state index contributed by atoms with van der Waals surface area (Å²) in [5.74, 6) is 0.130. The summed E-state index contributed by atoms with van der Waals surface area (Å²) in [5, 5.41) is 13.1. The zero-order chi connectivity index (χ0) is 34.6. The summed E-state index contributed by atoms with van der Waals surface area (Å²) in [7, 11) is -0.535. The van der Waals surface area contributed by atoms with Crippen LogP contribution in [0.3, 0.4) is 0 Å². The molecule has 6 atom stereocenters. The van der Waals surface area contributed by atoms with Crippen molar-refractivity contribution < 1.29 is 23.9 Å². The number of nitrogens with zero attached hydrogens (tertiary/aromatic N) is 2. The molecule has 268 valence electrons. The minimum absolute atomic E-state index is 0.0189. The molecule has 1 heterocycles. The minimum Gasteiger partial charge on any atom is -0.404 e. The van der Waals surface area contributed by atoms with Crippen molar-refractivity contribution in [2.45, 2.75) is 168 Å². The van der Waals surface area contributed by atoms with Gasteiger partial charge in [-0.3, -0.25) is 9.59 Å². The van der Waals surface area contributed by atoms with Gasteiger partial charge in [0.2, 0.25) is 5.91 Å². The molecule has 4 fully saturated rings. The van der Waals surface area contributed by atoms with Gasteiger partial charge >= 0.3 is 7.12 Å². The number of nitrogens with two attached hydrogens (primary N) is 1. The fraction of sp³-hybridized carbons (Fsp3) is 0.914. The van der Waals surface area contributed by atoms with E-state index in [1.165, 1.54) is 44.9 Å². The van der Waals surface area contributed by atoms with Crippen molar-refractivity contribution in [2.24, 2.45) is 39.8 Å². The summed E-state index contributed by atoms with van der Waals surface area (Å²) in [6.07, 6.45) is 16.4. The number of hydrogen-bond donors (Lipinski definition) is 3. The number of rotatable bonds is 23. The molecule has 47 heavy (non-hydrogen) atoms. The summed E-state index contributed by atoms with van der Waals surface area (Å²) >= 11 is 0. The van der Waals surface area contributed by atoms with Crippen molar-refractivity contribution in [3.05, 3.63) is 10.1 Å². The molecule has 0 spiro atoms. The topological polar surface area (TPSA) is 158 Å². The molecule has 0 aromatic heterocycles. The van der Waals surface area contributed by atoms with Crippen molar-refractivity contribution in [2.75, 3.05) is 6.54 Å². The molecule has 4 N–H and O–H groups in total.